The Labute approximate surface area is 172 Å². The number of ether oxygens (including phenoxy) is 1. The highest BCUT2D eigenvalue weighted by atomic mass is 32.1. The fourth-order valence-corrected chi connectivity index (χ4v) is 5.12. The summed E-state index contributed by atoms with van der Waals surface area (Å²) in [6.07, 6.45) is 5.58. The lowest BCUT2D eigenvalue weighted by atomic mass is 10.0. The van der Waals surface area contributed by atoms with Crippen molar-refractivity contribution in [1.29, 1.82) is 0 Å². The second-order valence-corrected chi connectivity index (χ2v) is 8.91. The van der Waals surface area contributed by atoms with Gasteiger partial charge in [-0.25, -0.2) is 9.37 Å². The average molecular weight is 423 g/mol. The first-order valence-electron chi connectivity index (χ1n) is 10.0. The molecule has 1 saturated heterocycles. The van der Waals surface area contributed by atoms with Gasteiger partial charge in [-0.3, -0.25) is 9.48 Å². The third kappa shape index (κ3) is 4.15. The molecule has 8 nitrogen and oxygen atoms in total. The van der Waals surface area contributed by atoms with E-state index in [1.807, 2.05) is 0 Å². The number of nitrogens with zero attached hydrogens (tertiary/aromatic N) is 3. The number of carbonyl (C=O) groups is 1. The van der Waals surface area contributed by atoms with Crippen LogP contribution in [0.25, 0.3) is 0 Å². The SMILES string of the molecule is Cn1ncc(NC(=O)c2nc(C3CCCC3)sc2N)c1[C@@H]1CC[C@@H](N)[C@@H](F)CO1. The molecule has 1 aliphatic carbocycles. The molecule has 3 atom stereocenters. The number of nitrogen functional groups attached to an aromatic ring is 1. The van der Waals surface area contributed by atoms with Crippen molar-refractivity contribution in [2.24, 2.45) is 12.8 Å². The molecule has 0 unspecified atom stereocenters. The number of amides is 1. The average Bonchev–Trinajstić information content (AvgIpc) is 3.40. The van der Waals surface area contributed by atoms with Crippen LogP contribution in [0.4, 0.5) is 15.1 Å². The van der Waals surface area contributed by atoms with Gasteiger partial charge in [-0.1, -0.05) is 12.8 Å². The van der Waals surface area contributed by atoms with Crippen molar-refractivity contribution in [3.05, 3.63) is 22.6 Å². The van der Waals surface area contributed by atoms with Crippen LogP contribution < -0.4 is 16.8 Å². The van der Waals surface area contributed by atoms with E-state index in [1.165, 1.54) is 24.2 Å². The number of hydrogen-bond acceptors (Lipinski definition) is 7. The smallest absolute Gasteiger partial charge is 0.277 e. The normalized spacial score (nSPS) is 25.8. The van der Waals surface area contributed by atoms with Gasteiger partial charge in [0.1, 0.15) is 17.3 Å². The predicted octanol–water partition coefficient (Wildman–Crippen LogP) is 2.89. The van der Waals surface area contributed by atoms with Crippen LogP contribution in [0.15, 0.2) is 6.20 Å². The van der Waals surface area contributed by atoms with Gasteiger partial charge in [-0.2, -0.15) is 5.10 Å². The van der Waals surface area contributed by atoms with Crippen molar-refractivity contribution >= 4 is 27.9 Å². The van der Waals surface area contributed by atoms with Gasteiger partial charge in [-0.15, -0.1) is 11.3 Å². The summed E-state index contributed by atoms with van der Waals surface area (Å²) in [5.74, 6) is 0.0287. The summed E-state index contributed by atoms with van der Waals surface area (Å²) in [5, 5.41) is 8.47. The molecule has 0 aromatic carbocycles. The van der Waals surface area contributed by atoms with Crippen LogP contribution in [0.2, 0.25) is 0 Å². The number of rotatable bonds is 4. The van der Waals surface area contributed by atoms with Crippen LogP contribution in [0, 0.1) is 0 Å². The molecule has 5 N–H and O–H groups in total. The highest BCUT2D eigenvalue weighted by Crippen LogP contribution is 2.38. The Morgan fingerprint density at radius 3 is 2.86 bits per heavy atom. The van der Waals surface area contributed by atoms with Gasteiger partial charge in [-0.05, 0) is 25.7 Å². The molecule has 2 aliphatic rings. The molecule has 4 rings (SSSR count). The van der Waals surface area contributed by atoms with Gasteiger partial charge >= 0.3 is 0 Å². The Morgan fingerprint density at radius 1 is 1.34 bits per heavy atom. The van der Waals surface area contributed by atoms with Gasteiger partial charge in [0.25, 0.3) is 5.91 Å². The van der Waals surface area contributed by atoms with E-state index in [1.54, 1.807) is 17.9 Å². The number of nitrogens with one attached hydrogen (secondary N) is 1. The van der Waals surface area contributed by atoms with E-state index in [4.69, 9.17) is 16.2 Å². The third-order valence-corrected chi connectivity index (χ3v) is 6.86. The number of halogens is 1. The fourth-order valence-electron chi connectivity index (χ4n) is 4.12. The highest BCUT2D eigenvalue weighted by Gasteiger charge is 2.30. The van der Waals surface area contributed by atoms with Crippen LogP contribution in [0.5, 0.6) is 0 Å². The molecule has 158 valence electrons. The minimum Gasteiger partial charge on any atom is -0.389 e. The van der Waals surface area contributed by atoms with E-state index in [0.717, 1.165) is 17.8 Å². The van der Waals surface area contributed by atoms with Crippen molar-refractivity contribution in [3.63, 3.8) is 0 Å². The summed E-state index contributed by atoms with van der Waals surface area (Å²) in [4.78, 5) is 17.4. The van der Waals surface area contributed by atoms with Crippen LogP contribution in [-0.2, 0) is 11.8 Å². The fraction of sp³-hybridized carbons (Fsp3) is 0.632. The first-order valence-corrected chi connectivity index (χ1v) is 10.9. The zero-order chi connectivity index (χ0) is 20.5. The molecule has 0 bridgehead atoms. The van der Waals surface area contributed by atoms with Gasteiger partial charge in [0.2, 0.25) is 0 Å². The molecule has 2 aromatic heterocycles. The lowest BCUT2D eigenvalue weighted by Crippen LogP contribution is -2.32. The van der Waals surface area contributed by atoms with Crippen molar-refractivity contribution in [2.75, 3.05) is 17.7 Å². The predicted molar refractivity (Wildman–Crippen MR) is 110 cm³/mol. The van der Waals surface area contributed by atoms with Gasteiger partial charge in [0.05, 0.1) is 29.2 Å². The quantitative estimate of drug-likeness (QED) is 0.697. The minimum absolute atomic E-state index is 0.0752. The summed E-state index contributed by atoms with van der Waals surface area (Å²) >= 11 is 1.40. The Kier molecular flexibility index (Phi) is 5.84. The van der Waals surface area contributed by atoms with Gasteiger partial charge < -0.3 is 21.5 Å². The number of thiazole rings is 1. The molecule has 1 aliphatic heterocycles. The molecule has 1 amide bonds. The Bertz CT molecular complexity index is 866. The lowest BCUT2D eigenvalue weighted by molar-refractivity contribution is 0.0247. The van der Waals surface area contributed by atoms with Crippen LogP contribution >= 0.6 is 11.3 Å². The first kappa shape index (κ1) is 20.2. The van der Waals surface area contributed by atoms with Crippen LogP contribution in [0.1, 0.15) is 71.7 Å². The van der Waals surface area contributed by atoms with E-state index in [-0.39, 0.29) is 18.2 Å². The van der Waals surface area contributed by atoms with Crippen molar-refractivity contribution in [2.45, 2.75) is 62.8 Å². The molecule has 29 heavy (non-hydrogen) atoms. The summed E-state index contributed by atoms with van der Waals surface area (Å²) in [6, 6.07) is -0.546. The minimum atomic E-state index is -1.20. The van der Waals surface area contributed by atoms with E-state index in [9.17, 15) is 9.18 Å². The lowest BCUT2D eigenvalue weighted by Gasteiger charge is -2.17. The number of anilines is 2. The van der Waals surface area contributed by atoms with Crippen LogP contribution in [-0.4, -0.2) is 39.5 Å². The van der Waals surface area contributed by atoms with Gasteiger partial charge in [0, 0.05) is 19.0 Å². The maximum atomic E-state index is 13.9. The van der Waals surface area contributed by atoms with E-state index >= 15 is 0 Å². The molecule has 2 aromatic rings. The molecule has 10 heteroatoms. The first-order chi connectivity index (χ1) is 13.9. The second-order valence-electron chi connectivity index (χ2n) is 7.85. The Morgan fingerprint density at radius 2 is 2.10 bits per heavy atom. The molecular formula is C19H27FN6O2S. The maximum Gasteiger partial charge on any atom is 0.277 e. The zero-order valence-corrected chi connectivity index (χ0v) is 17.3. The summed E-state index contributed by atoms with van der Waals surface area (Å²) < 4.78 is 21.3. The largest absolute Gasteiger partial charge is 0.389 e. The molecule has 0 radical (unpaired) electrons. The third-order valence-electron chi connectivity index (χ3n) is 5.81. The Hall–Kier alpha value is -2.04. The van der Waals surface area contributed by atoms with Crippen molar-refractivity contribution < 1.29 is 13.9 Å². The van der Waals surface area contributed by atoms with Gasteiger partial charge in [0.15, 0.2) is 5.69 Å². The topological polar surface area (TPSA) is 121 Å². The van der Waals surface area contributed by atoms with E-state index < -0.39 is 18.3 Å². The number of hydrogen-bond donors (Lipinski definition) is 3. The highest BCUT2D eigenvalue weighted by molar-refractivity contribution is 7.16. The standard InChI is InChI=1S/C19H27FN6O2S/c1-26-16(14-7-6-12(21)11(20)9-28-14)13(8-23-26)24-18(27)15-17(22)29-19(25-15)10-4-2-3-5-10/h8,10-12,14H,2-7,9,21-22H2,1H3,(H,24,27)/t11-,12+,14-/m0/s1. The van der Waals surface area contributed by atoms with Crippen LogP contribution in [0.3, 0.4) is 0 Å². The summed E-state index contributed by atoms with van der Waals surface area (Å²) in [6.45, 7) is -0.0752. The zero-order valence-electron chi connectivity index (χ0n) is 16.4. The molecule has 3 heterocycles. The monoisotopic (exact) mass is 422 g/mol. The summed E-state index contributed by atoms with van der Waals surface area (Å²) in [5.41, 5.74) is 13.4. The Balaban J connectivity index is 1.52. The summed E-state index contributed by atoms with van der Waals surface area (Å²) in [7, 11) is 1.77. The number of nitrogens with two attached hydrogens (primary N) is 2. The van der Waals surface area contributed by atoms with Crippen molar-refractivity contribution in [1.82, 2.24) is 14.8 Å². The number of aryl methyl sites for hydroxylation is 1. The molecule has 2 fully saturated rings. The van der Waals surface area contributed by atoms with Crippen molar-refractivity contribution in [3.8, 4) is 0 Å². The van der Waals surface area contributed by atoms with E-state index in [2.05, 4.69) is 15.4 Å². The number of carbonyl (C=O) groups excluding carboxylic acids is 1. The number of alkyl halides is 1. The second kappa shape index (κ2) is 8.37. The maximum absolute atomic E-state index is 13.9. The molecule has 1 saturated carbocycles. The number of aromatic nitrogens is 3. The van der Waals surface area contributed by atoms with E-state index in [0.29, 0.717) is 35.1 Å². The molecule has 0 spiro atoms. The molecular weight excluding hydrogens is 395 g/mol.